The molecule has 136 valence electrons. The molecular weight excluding hydrogens is 379 g/mol. The SMILES string of the molecule is Cc1ccc2c(C#N)ccc([O-])c2n1.Cc1ccc2c(C#N)ccc([O-])c2n1.[Al+3]. The predicted molar refractivity (Wildman–Crippen MR) is 107 cm³/mol. The van der Waals surface area contributed by atoms with E-state index in [-0.39, 0.29) is 28.9 Å². The van der Waals surface area contributed by atoms with E-state index in [4.69, 9.17) is 10.5 Å². The molecule has 0 aliphatic carbocycles. The van der Waals surface area contributed by atoms with E-state index in [2.05, 4.69) is 9.97 Å². The fourth-order valence-electron chi connectivity index (χ4n) is 2.77. The van der Waals surface area contributed by atoms with Crippen molar-refractivity contribution in [2.24, 2.45) is 0 Å². The molecule has 0 bridgehead atoms. The van der Waals surface area contributed by atoms with Gasteiger partial charge in [-0.15, -0.1) is 0 Å². The average molecular weight is 393 g/mol. The normalized spacial score (nSPS) is 9.66. The number of nitriles is 2. The molecule has 0 radical (unpaired) electrons. The van der Waals surface area contributed by atoms with Crippen LogP contribution in [-0.4, -0.2) is 27.3 Å². The molecule has 4 aromatic rings. The van der Waals surface area contributed by atoms with Gasteiger partial charge in [0.1, 0.15) is 0 Å². The molecule has 6 nitrogen and oxygen atoms in total. The van der Waals surface area contributed by atoms with Crippen molar-refractivity contribution in [2.75, 3.05) is 0 Å². The monoisotopic (exact) mass is 393 g/mol. The molecule has 0 spiro atoms. The summed E-state index contributed by atoms with van der Waals surface area (Å²) in [5, 5.41) is 41.7. The van der Waals surface area contributed by atoms with E-state index < -0.39 is 0 Å². The van der Waals surface area contributed by atoms with E-state index in [0.29, 0.717) is 32.9 Å². The van der Waals surface area contributed by atoms with Crippen molar-refractivity contribution in [1.29, 1.82) is 10.5 Å². The van der Waals surface area contributed by atoms with E-state index in [1.165, 1.54) is 24.3 Å². The van der Waals surface area contributed by atoms with Crippen molar-refractivity contribution in [3.05, 3.63) is 71.0 Å². The molecule has 0 aliphatic heterocycles. The van der Waals surface area contributed by atoms with Gasteiger partial charge in [-0.2, -0.15) is 10.5 Å². The van der Waals surface area contributed by atoms with Crippen LogP contribution in [0.4, 0.5) is 0 Å². The van der Waals surface area contributed by atoms with Gasteiger partial charge in [-0.25, -0.2) is 0 Å². The molecule has 0 fully saturated rings. The number of fused-ring (bicyclic) bond motifs is 2. The zero-order chi connectivity index (χ0) is 20.3. The third kappa shape index (κ3) is 4.45. The Labute approximate surface area is 178 Å². The van der Waals surface area contributed by atoms with Crippen molar-refractivity contribution in [3.8, 4) is 23.6 Å². The van der Waals surface area contributed by atoms with Crippen LogP contribution in [-0.2, 0) is 0 Å². The first kappa shape index (κ1) is 21.7. The van der Waals surface area contributed by atoms with Gasteiger partial charge in [0.2, 0.25) is 0 Å². The Kier molecular flexibility index (Phi) is 6.76. The Balaban J connectivity index is 0.000000200. The number of aryl methyl sites for hydroxylation is 2. The summed E-state index contributed by atoms with van der Waals surface area (Å²) in [6.45, 7) is 3.63. The molecule has 2 aromatic carbocycles. The summed E-state index contributed by atoms with van der Waals surface area (Å²) in [7, 11) is 0. The zero-order valence-corrected chi connectivity index (χ0v) is 17.0. The molecule has 0 unspecified atom stereocenters. The minimum atomic E-state index is -0.136. The van der Waals surface area contributed by atoms with E-state index >= 15 is 0 Å². The van der Waals surface area contributed by atoms with Gasteiger partial charge in [-0.1, -0.05) is 23.6 Å². The molecule has 0 amide bonds. The number of benzene rings is 2. The van der Waals surface area contributed by atoms with Crippen LogP contribution in [0.15, 0.2) is 48.5 Å². The van der Waals surface area contributed by atoms with Crippen molar-refractivity contribution in [2.45, 2.75) is 13.8 Å². The van der Waals surface area contributed by atoms with Crippen molar-refractivity contribution < 1.29 is 10.2 Å². The molecule has 7 heteroatoms. The quantitative estimate of drug-likeness (QED) is 0.424. The molecule has 0 aliphatic rings. The smallest absolute Gasteiger partial charge is 0.871 e. The molecule has 29 heavy (non-hydrogen) atoms. The number of hydrogen-bond acceptors (Lipinski definition) is 6. The maximum absolute atomic E-state index is 11.4. The molecule has 4 rings (SSSR count). The van der Waals surface area contributed by atoms with E-state index in [0.717, 1.165) is 11.4 Å². The number of aromatic nitrogens is 2. The average Bonchev–Trinajstić information content (AvgIpc) is 2.70. The molecule has 2 heterocycles. The minimum absolute atomic E-state index is 0. The van der Waals surface area contributed by atoms with Crippen LogP contribution in [0.1, 0.15) is 22.5 Å². The first-order valence-corrected chi connectivity index (χ1v) is 8.39. The van der Waals surface area contributed by atoms with E-state index in [1.807, 2.05) is 26.0 Å². The van der Waals surface area contributed by atoms with Crippen LogP contribution in [0.25, 0.3) is 21.8 Å². The zero-order valence-electron chi connectivity index (χ0n) is 15.8. The Morgan fingerprint density at radius 2 is 1.03 bits per heavy atom. The van der Waals surface area contributed by atoms with Crippen molar-refractivity contribution >= 4 is 39.2 Å². The summed E-state index contributed by atoms with van der Waals surface area (Å²) < 4.78 is 0. The first-order valence-electron chi connectivity index (χ1n) is 8.39. The van der Waals surface area contributed by atoms with Crippen LogP contribution < -0.4 is 10.2 Å². The second-order valence-electron chi connectivity index (χ2n) is 6.14. The molecule has 2 aromatic heterocycles. The van der Waals surface area contributed by atoms with Gasteiger partial charge in [0.15, 0.2) is 0 Å². The number of rotatable bonds is 0. The Hall–Kier alpha value is -3.63. The van der Waals surface area contributed by atoms with Crippen molar-refractivity contribution in [1.82, 2.24) is 9.97 Å². The number of pyridine rings is 2. The van der Waals surface area contributed by atoms with Gasteiger partial charge >= 0.3 is 17.4 Å². The van der Waals surface area contributed by atoms with Gasteiger partial charge in [0.05, 0.1) is 34.3 Å². The molecular formula is C22H14AlN4O2+. The van der Waals surface area contributed by atoms with E-state index in [1.54, 1.807) is 24.3 Å². The number of nitrogens with zero attached hydrogens (tertiary/aromatic N) is 4. The summed E-state index contributed by atoms with van der Waals surface area (Å²) in [6, 6.07) is 17.0. The summed E-state index contributed by atoms with van der Waals surface area (Å²) in [5.41, 5.74) is 3.31. The molecule has 0 atom stereocenters. The maximum Gasteiger partial charge on any atom is 3.00 e. The topological polar surface area (TPSA) is 119 Å². The fourth-order valence-corrected chi connectivity index (χ4v) is 2.77. The van der Waals surface area contributed by atoms with E-state index in [9.17, 15) is 10.2 Å². The van der Waals surface area contributed by atoms with Crippen LogP contribution in [0.5, 0.6) is 11.5 Å². The summed E-state index contributed by atoms with van der Waals surface area (Å²) in [5.74, 6) is -0.273. The minimum Gasteiger partial charge on any atom is -0.871 e. The summed E-state index contributed by atoms with van der Waals surface area (Å²) >= 11 is 0. The maximum atomic E-state index is 11.4. The Morgan fingerprint density at radius 3 is 1.38 bits per heavy atom. The van der Waals surface area contributed by atoms with Gasteiger partial charge in [0.25, 0.3) is 0 Å². The van der Waals surface area contributed by atoms with Crippen LogP contribution in [0.3, 0.4) is 0 Å². The van der Waals surface area contributed by atoms with Gasteiger partial charge in [0, 0.05) is 22.2 Å². The molecule has 0 saturated heterocycles. The van der Waals surface area contributed by atoms with Crippen molar-refractivity contribution in [3.63, 3.8) is 0 Å². The molecule has 0 saturated carbocycles. The van der Waals surface area contributed by atoms with Gasteiger partial charge in [-0.3, -0.25) is 9.97 Å². The van der Waals surface area contributed by atoms with Crippen LogP contribution in [0.2, 0.25) is 0 Å². The predicted octanol–water partition coefficient (Wildman–Crippen LogP) is 2.60. The fraction of sp³-hybridized carbons (Fsp3) is 0.0909. The first-order chi connectivity index (χ1) is 13.4. The summed E-state index contributed by atoms with van der Waals surface area (Å²) in [6.07, 6.45) is 0. The third-order valence-corrected chi connectivity index (χ3v) is 4.16. The van der Waals surface area contributed by atoms with Crippen LogP contribution in [0, 0.1) is 36.5 Å². The number of hydrogen-bond donors (Lipinski definition) is 0. The van der Waals surface area contributed by atoms with Gasteiger partial charge in [-0.05, 0) is 50.2 Å². The summed E-state index contributed by atoms with van der Waals surface area (Å²) in [4.78, 5) is 8.24. The third-order valence-electron chi connectivity index (χ3n) is 4.16. The van der Waals surface area contributed by atoms with Gasteiger partial charge < -0.3 is 10.2 Å². The second kappa shape index (κ2) is 9.04. The Bertz CT molecular complexity index is 1190. The Morgan fingerprint density at radius 1 is 0.655 bits per heavy atom. The standard InChI is InChI=1S/2C11H8N2O.Al/c2*1-7-2-4-9-8(6-12)3-5-10(14)11(9)13-7;/h2*2-5,14H,1H3;/q;;+3/p-2. The van der Waals surface area contributed by atoms with Crippen LogP contribution >= 0.6 is 0 Å². The largest absolute Gasteiger partial charge is 3.00 e. The second-order valence-corrected chi connectivity index (χ2v) is 6.14. The molecule has 0 N–H and O–H groups in total.